The summed E-state index contributed by atoms with van der Waals surface area (Å²) >= 11 is 0. The van der Waals surface area contributed by atoms with E-state index in [2.05, 4.69) is 20.9 Å². The van der Waals surface area contributed by atoms with Gasteiger partial charge in [-0.1, -0.05) is 75.6 Å². The Hall–Kier alpha value is -5.35. The molecule has 3 amide bonds. The molecule has 0 unspecified atom stereocenters. The van der Waals surface area contributed by atoms with Crippen molar-refractivity contribution in [3.05, 3.63) is 80.3 Å². The molecule has 0 bridgehead atoms. The minimum atomic E-state index is -0.675. The van der Waals surface area contributed by atoms with Crippen molar-refractivity contribution < 1.29 is 38.6 Å². The number of ether oxygens (including phenoxy) is 1. The van der Waals surface area contributed by atoms with Gasteiger partial charge in [-0.05, 0) is 89.5 Å². The van der Waals surface area contributed by atoms with E-state index >= 15 is 0 Å². The molecule has 2 aliphatic carbocycles. The largest absolute Gasteiger partial charge is 0.509 e. The molecule has 2 aromatic carbocycles. The van der Waals surface area contributed by atoms with Crippen molar-refractivity contribution in [3.8, 4) is 0 Å². The van der Waals surface area contributed by atoms with Crippen LogP contribution < -0.4 is 16.0 Å². The monoisotopic (exact) mass is 768 g/mol. The molecule has 12 heteroatoms. The zero-order chi connectivity index (χ0) is 41.0. The topological polar surface area (TPSA) is 180 Å². The van der Waals surface area contributed by atoms with E-state index in [4.69, 9.17) is 9.53 Å². The zero-order valence-corrected chi connectivity index (χ0v) is 33.6. The van der Waals surface area contributed by atoms with Crippen molar-refractivity contribution in [1.29, 1.82) is 0 Å². The fourth-order valence-electron chi connectivity index (χ4n) is 8.47. The van der Waals surface area contributed by atoms with Crippen LogP contribution in [0.25, 0.3) is 11.1 Å². The first-order chi connectivity index (χ1) is 26.9. The quantitative estimate of drug-likeness (QED) is 0.115. The predicted molar refractivity (Wildman–Crippen MR) is 215 cm³/mol. The molecule has 0 saturated heterocycles. The summed E-state index contributed by atoms with van der Waals surface area (Å²) in [5, 5.41) is 19.6. The highest BCUT2D eigenvalue weighted by Gasteiger charge is 2.50. The number of carbonyl (C=O) groups excluding carboxylic acids is 6. The molecule has 12 nitrogen and oxygen atoms in total. The standard InChI is InChI=1S/C22H28N2O4.C19H23NO3.C3H5NO/c1-4-15-11-14(3)12-16(13-25)17(15)18-19(28-21(27)23-5-2)22(24-20(18)26)9-7-6-8-10-22;1-3-13-9-12(2)10-14(11-21)15(13)16-17(22)19(20-18(16)23)7-5-4-6-8-19;1-2-4-3-5/h11-13H,4-10H2,1-3H3,(H,23,27)(H,24,26);9-11,22H,3-8H2,1-2H3,(H,20,23);2H2,1H3. The van der Waals surface area contributed by atoms with Gasteiger partial charge in [0, 0.05) is 35.3 Å². The summed E-state index contributed by atoms with van der Waals surface area (Å²) in [6.07, 6.45) is 12.8. The predicted octanol–water partition coefficient (Wildman–Crippen LogP) is 7.47. The maximum absolute atomic E-state index is 13.1. The lowest BCUT2D eigenvalue weighted by molar-refractivity contribution is -0.117. The van der Waals surface area contributed by atoms with Gasteiger partial charge in [0.2, 0.25) is 6.08 Å². The minimum absolute atomic E-state index is 0.129. The van der Waals surface area contributed by atoms with Crippen molar-refractivity contribution in [2.24, 2.45) is 4.99 Å². The summed E-state index contributed by atoms with van der Waals surface area (Å²) < 4.78 is 5.74. The Balaban J connectivity index is 0.000000225. The molecule has 2 spiro atoms. The summed E-state index contributed by atoms with van der Waals surface area (Å²) in [5.41, 5.74) is 5.21. The van der Waals surface area contributed by atoms with Crippen LogP contribution in [0, 0.1) is 13.8 Å². The lowest BCUT2D eigenvalue weighted by Crippen LogP contribution is -2.47. The van der Waals surface area contributed by atoms with Gasteiger partial charge < -0.3 is 25.8 Å². The van der Waals surface area contributed by atoms with Crippen LogP contribution in [0.5, 0.6) is 0 Å². The third kappa shape index (κ3) is 9.19. The highest BCUT2D eigenvalue weighted by Crippen LogP contribution is 2.45. The molecule has 56 heavy (non-hydrogen) atoms. The Morgan fingerprint density at radius 2 is 1.25 bits per heavy atom. The molecule has 4 aliphatic rings. The number of nitrogens with zero attached hydrogens (tertiary/aromatic N) is 1. The van der Waals surface area contributed by atoms with Crippen molar-refractivity contribution in [2.75, 3.05) is 13.1 Å². The maximum Gasteiger partial charge on any atom is 0.412 e. The number of hydrogen-bond donors (Lipinski definition) is 4. The third-order valence-corrected chi connectivity index (χ3v) is 11.0. The fraction of sp³-hybridized carbons (Fsp3) is 0.500. The zero-order valence-electron chi connectivity index (χ0n) is 33.6. The number of alkyl carbamates (subject to hydrolysis) is 1. The van der Waals surface area contributed by atoms with Gasteiger partial charge in [0.15, 0.2) is 12.6 Å². The first kappa shape index (κ1) is 43.4. The van der Waals surface area contributed by atoms with E-state index in [1.807, 2.05) is 46.8 Å². The molecule has 2 aromatic rings. The molecule has 2 heterocycles. The molecular formula is C44H56N4O8. The molecule has 2 fully saturated rings. The second-order valence-corrected chi connectivity index (χ2v) is 14.8. The van der Waals surface area contributed by atoms with Crippen LogP contribution in [0.4, 0.5) is 4.79 Å². The number of amides is 3. The van der Waals surface area contributed by atoms with Crippen molar-refractivity contribution in [2.45, 2.75) is 130 Å². The Kier molecular flexibility index (Phi) is 15.1. The van der Waals surface area contributed by atoms with Gasteiger partial charge in [-0.25, -0.2) is 14.6 Å². The number of nitrogens with one attached hydrogen (secondary N) is 3. The number of carbonyl (C=O) groups is 5. The first-order valence-electron chi connectivity index (χ1n) is 19.9. The van der Waals surface area contributed by atoms with Gasteiger partial charge >= 0.3 is 6.09 Å². The van der Waals surface area contributed by atoms with Crippen LogP contribution in [-0.2, 0) is 32.0 Å². The first-order valence-corrected chi connectivity index (χ1v) is 19.9. The molecule has 6 rings (SSSR count). The lowest BCUT2D eigenvalue weighted by atomic mass is 9.80. The highest BCUT2D eigenvalue weighted by atomic mass is 16.6. The highest BCUT2D eigenvalue weighted by molar-refractivity contribution is 6.26. The van der Waals surface area contributed by atoms with E-state index < -0.39 is 17.2 Å². The molecule has 0 radical (unpaired) electrons. The van der Waals surface area contributed by atoms with Gasteiger partial charge in [-0.15, -0.1) is 0 Å². The number of aryl methyl sites for hydroxylation is 4. The molecule has 300 valence electrons. The van der Waals surface area contributed by atoms with Crippen molar-refractivity contribution in [1.82, 2.24) is 16.0 Å². The summed E-state index contributed by atoms with van der Waals surface area (Å²) in [4.78, 5) is 73.7. The van der Waals surface area contributed by atoms with E-state index in [9.17, 15) is 29.1 Å². The van der Waals surface area contributed by atoms with E-state index in [1.54, 1.807) is 19.1 Å². The molecule has 2 saturated carbocycles. The molecule has 4 N–H and O–H groups in total. The molecule has 0 aromatic heterocycles. The smallest absolute Gasteiger partial charge is 0.412 e. The fourth-order valence-corrected chi connectivity index (χ4v) is 8.47. The summed E-state index contributed by atoms with van der Waals surface area (Å²) in [7, 11) is 0. The van der Waals surface area contributed by atoms with Gasteiger partial charge in [0.1, 0.15) is 11.5 Å². The Morgan fingerprint density at radius 1 is 0.786 bits per heavy atom. The number of aliphatic imine (C=N–C) groups is 1. The van der Waals surface area contributed by atoms with Crippen LogP contribution in [0.2, 0.25) is 0 Å². The van der Waals surface area contributed by atoms with Gasteiger partial charge in [-0.2, -0.15) is 0 Å². The SMILES string of the molecule is CCN=C=O.CCNC(=O)OC1=C(c2c(C=O)cc(C)cc2CC)C(=O)NC12CCCCC2.CCc1cc(C)cc(C=O)c1C1=C(O)C2(CCCCC2)NC1=O. The lowest BCUT2D eigenvalue weighted by Gasteiger charge is -2.34. The molecular weight excluding hydrogens is 713 g/mol. The Bertz CT molecular complexity index is 1940. The normalized spacial score (nSPS) is 17.8. The van der Waals surface area contributed by atoms with E-state index in [1.165, 1.54) is 6.08 Å². The van der Waals surface area contributed by atoms with E-state index in [-0.39, 0.29) is 17.6 Å². The van der Waals surface area contributed by atoms with Crippen LogP contribution in [0.1, 0.15) is 146 Å². The average molecular weight is 769 g/mol. The van der Waals surface area contributed by atoms with E-state index in [0.717, 1.165) is 99.0 Å². The molecule has 2 aliphatic heterocycles. The van der Waals surface area contributed by atoms with Gasteiger partial charge in [-0.3, -0.25) is 19.2 Å². The molecule has 0 atom stereocenters. The van der Waals surface area contributed by atoms with Crippen molar-refractivity contribution in [3.63, 3.8) is 0 Å². The minimum Gasteiger partial charge on any atom is -0.509 e. The number of hydrogen-bond acceptors (Lipinski definition) is 9. The Labute approximate surface area is 329 Å². The van der Waals surface area contributed by atoms with Crippen LogP contribution >= 0.6 is 0 Å². The second kappa shape index (κ2) is 19.5. The van der Waals surface area contributed by atoms with Crippen molar-refractivity contribution >= 4 is 47.7 Å². The number of aliphatic hydroxyl groups is 1. The van der Waals surface area contributed by atoms with Crippen LogP contribution in [0.3, 0.4) is 0 Å². The summed E-state index contributed by atoms with van der Waals surface area (Å²) in [5.74, 6) is -0.0393. The van der Waals surface area contributed by atoms with E-state index in [0.29, 0.717) is 65.1 Å². The number of benzene rings is 2. The number of aldehydes is 2. The summed E-state index contributed by atoms with van der Waals surface area (Å²) in [6.45, 7) is 12.4. The Morgan fingerprint density at radius 3 is 1.68 bits per heavy atom. The maximum atomic E-state index is 13.1. The third-order valence-electron chi connectivity index (χ3n) is 11.0. The van der Waals surface area contributed by atoms with Gasteiger partial charge in [0.25, 0.3) is 11.8 Å². The second-order valence-electron chi connectivity index (χ2n) is 14.8. The average Bonchev–Trinajstić information content (AvgIpc) is 3.57. The number of aliphatic hydroxyl groups excluding tert-OH is 1. The number of rotatable bonds is 9. The van der Waals surface area contributed by atoms with Gasteiger partial charge in [0.05, 0.1) is 22.2 Å². The number of isocyanates is 1. The van der Waals surface area contributed by atoms with Crippen LogP contribution in [-0.4, -0.2) is 65.8 Å². The summed E-state index contributed by atoms with van der Waals surface area (Å²) in [6, 6.07) is 7.53. The van der Waals surface area contributed by atoms with Crippen LogP contribution in [0.15, 0.2) is 40.8 Å².